The molecule has 2 rings (SSSR count). The monoisotopic (exact) mass is 294 g/mol. The summed E-state index contributed by atoms with van der Waals surface area (Å²) in [5.74, 6) is -0.0347. The molecule has 21 heavy (non-hydrogen) atoms. The molecule has 3 unspecified atom stereocenters. The molecular weight excluding hydrogens is 268 g/mol. The van der Waals surface area contributed by atoms with Crippen molar-refractivity contribution in [2.45, 2.75) is 46.3 Å². The molecule has 1 aromatic rings. The van der Waals surface area contributed by atoms with Crippen LogP contribution in [0.2, 0.25) is 0 Å². The van der Waals surface area contributed by atoms with E-state index in [0.29, 0.717) is 19.8 Å². The molecule has 1 amide bonds. The first-order valence-electron chi connectivity index (χ1n) is 7.33. The van der Waals surface area contributed by atoms with Crippen LogP contribution in [0.5, 0.6) is 0 Å². The molecule has 2 heterocycles. The summed E-state index contributed by atoms with van der Waals surface area (Å²) in [4.78, 5) is 16.7. The van der Waals surface area contributed by atoms with Crippen LogP contribution in [0.3, 0.4) is 0 Å². The van der Waals surface area contributed by atoms with E-state index in [0.717, 1.165) is 0 Å². The van der Waals surface area contributed by atoms with Gasteiger partial charge in [0.15, 0.2) is 0 Å². The van der Waals surface area contributed by atoms with Gasteiger partial charge in [-0.3, -0.25) is 4.79 Å². The predicted molar refractivity (Wildman–Crippen MR) is 80.5 cm³/mol. The van der Waals surface area contributed by atoms with Gasteiger partial charge in [-0.2, -0.15) is 0 Å². The Kier molecular flexibility index (Phi) is 4.39. The number of ether oxygens (including phenoxy) is 1. The highest BCUT2D eigenvalue weighted by Gasteiger charge is 2.45. The summed E-state index contributed by atoms with van der Waals surface area (Å²) in [7, 11) is 0. The van der Waals surface area contributed by atoms with Gasteiger partial charge in [0.25, 0.3) is 0 Å². The van der Waals surface area contributed by atoms with Gasteiger partial charge in [0.05, 0.1) is 31.0 Å². The van der Waals surface area contributed by atoms with Crippen molar-refractivity contribution in [3.8, 4) is 0 Å². The van der Waals surface area contributed by atoms with Crippen LogP contribution in [0, 0.1) is 10.8 Å². The predicted octanol–water partition coefficient (Wildman–Crippen LogP) is 0.778. The third kappa shape index (κ3) is 3.44. The summed E-state index contributed by atoms with van der Waals surface area (Å²) in [6.45, 7) is 9.71. The Balaban J connectivity index is 2.10. The molecule has 1 fully saturated rings. The van der Waals surface area contributed by atoms with Gasteiger partial charge >= 0.3 is 0 Å². The number of nitrogens with two attached hydrogens (primary N) is 1. The Bertz CT molecular complexity index is 480. The van der Waals surface area contributed by atoms with Gasteiger partial charge in [-0.05, 0) is 12.3 Å². The number of imidazole rings is 1. The number of nitrogens with one attached hydrogen (secondary N) is 1. The second kappa shape index (κ2) is 5.77. The number of aromatic nitrogens is 2. The second-order valence-electron chi connectivity index (χ2n) is 7.19. The zero-order valence-corrected chi connectivity index (χ0v) is 13.3. The lowest BCUT2D eigenvalue weighted by atomic mass is 9.82. The highest BCUT2D eigenvalue weighted by molar-refractivity contribution is 5.84. The number of rotatable bonds is 4. The van der Waals surface area contributed by atoms with Crippen LogP contribution in [0.1, 0.15) is 27.7 Å². The first kappa shape index (κ1) is 16.0. The third-order valence-electron chi connectivity index (χ3n) is 4.34. The average Bonchev–Trinajstić information content (AvgIpc) is 2.99. The zero-order valence-electron chi connectivity index (χ0n) is 13.3. The number of hydrogen-bond donors (Lipinski definition) is 2. The first-order valence-corrected chi connectivity index (χ1v) is 7.33. The molecule has 118 valence electrons. The summed E-state index contributed by atoms with van der Waals surface area (Å²) in [6, 6.07) is -0.268. The van der Waals surface area contributed by atoms with Crippen molar-refractivity contribution in [1.29, 1.82) is 0 Å². The van der Waals surface area contributed by atoms with E-state index in [4.69, 9.17) is 10.5 Å². The van der Waals surface area contributed by atoms with Crippen molar-refractivity contribution in [3.05, 3.63) is 18.7 Å². The molecule has 6 heteroatoms. The molecule has 3 N–H and O–H groups in total. The molecule has 0 radical (unpaired) electrons. The molecule has 3 atom stereocenters. The van der Waals surface area contributed by atoms with Crippen molar-refractivity contribution in [1.82, 2.24) is 14.9 Å². The van der Waals surface area contributed by atoms with E-state index in [1.54, 1.807) is 12.5 Å². The van der Waals surface area contributed by atoms with Crippen LogP contribution in [-0.2, 0) is 16.1 Å². The van der Waals surface area contributed by atoms with E-state index in [9.17, 15) is 4.79 Å². The highest BCUT2D eigenvalue weighted by atomic mass is 16.5. The van der Waals surface area contributed by atoms with Crippen molar-refractivity contribution in [2.24, 2.45) is 16.6 Å². The lowest BCUT2D eigenvalue weighted by molar-refractivity contribution is -0.132. The fourth-order valence-electron chi connectivity index (χ4n) is 2.39. The minimum atomic E-state index is -0.654. The smallest absolute Gasteiger partial charge is 0.230 e. The molecule has 1 aromatic heterocycles. The molecule has 0 spiro atoms. The maximum atomic E-state index is 12.7. The van der Waals surface area contributed by atoms with Crippen LogP contribution >= 0.6 is 0 Å². The molecule has 1 aliphatic heterocycles. The third-order valence-corrected chi connectivity index (χ3v) is 4.34. The number of hydrogen-bond acceptors (Lipinski definition) is 4. The fraction of sp³-hybridized carbons (Fsp3) is 0.733. The van der Waals surface area contributed by atoms with Gasteiger partial charge in [-0.15, -0.1) is 0 Å². The zero-order chi connectivity index (χ0) is 15.7. The lowest BCUT2D eigenvalue weighted by Crippen LogP contribution is -2.55. The Morgan fingerprint density at radius 3 is 2.81 bits per heavy atom. The van der Waals surface area contributed by atoms with Gasteiger partial charge in [0, 0.05) is 25.0 Å². The topological polar surface area (TPSA) is 82.2 Å². The van der Waals surface area contributed by atoms with Crippen LogP contribution in [0.4, 0.5) is 0 Å². The molecule has 6 nitrogen and oxygen atoms in total. The maximum Gasteiger partial charge on any atom is 0.230 e. The fourth-order valence-corrected chi connectivity index (χ4v) is 2.39. The van der Waals surface area contributed by atoms with Gasteiger partial charge in [0.1, 0.15) is 0 Å². The van der Waals surface area contributed by atoms with Crippen LogP contribution in [-0.4, -0.2) is 40.8 Å². The van der Waals surface area contributed by atoms with Crippen molar-refractivity contribution in [2.75, 3.05) is 13.2 Å². The maximum absolute atomic E-state index is 12.7. The molecular formula is C15H26N4O2. The Labute approximate surface area is 126 Å². The number of carbonyl (C=O) groups is 1. The molecule has 0 saturated carbocycles. The average molecular weight is 294 g/mol. The Morgan fingerprint density at radius 1 is 1.62 bits per heavy atom. The number of carbonyl (C=O) groups excluding carboxylic acids is 1. The number of nitrogens with zero attached hydrogens (tertiary/aromatic N) is 2. The molecule has 0 aliphatic carbocycles. The normalized spacial score (nSPS) is 27.6. The first-order chi connectivity index (χ1) is 9.73. The van der Waals surface area contributed by atoms with Crippen molar-refractivity contribution >= 4 is 5.91 Å². The minimum absolute atomic E-state index is 0.0103. The number of amides is 1. The molecule has 0 aromatic carbocycles. The summed E-state index contributed by atoms with van der Waals surface area (Å²) in [6.07, 6.45) is 5.40. The highest BCUT2D eigenvalue weighted by Crippen LogP contribution is 2.29. The second-order valence-corrected chi connectivity index (χ2v) is 7.19. The van der Waals surface area contributed by atoms with E-state index < -0.39 is 5.41 Å². The van der Waals surface area contributed by atoms with E-state index in [2.05, 4.69) is 31.1 Å². The van der Waals surface area contributed by atoms with E-state index in [1.807, 2.05) is 17.7 Å². The molecule has 1 aliphatic rings. The standard InChI is InChI=1S/C15H26N4O2/c1-14(2,3)12(7-19-6-5-17-10-19)18-13(20)15(4)9-21-8-11(15)16/h5-6,10-12H,7-9,16H2,1-4H3,(H,18,20). The summed E-state index contributed by atoms with van der Waals surface area (Å²) in [5, 5.41) is 3.16. The van der Waals surface area contributed by atoms with E-state index >= 15 is 0 Å². The van der Waals surface area contributed by atoms with Crippen molar-refractivity contribution in [3.63, 3.8) is 0 Å². The quantitative estimate of drug-likeness (QED) is 0.859. The van der Waals surface area contributed by atoms with Crippen LogP contribution in [0.25, 0.3) is 0 Å². The van der Waals surface area contributed by atoms with Crippen LogP contribution in [0.15, 0.2) is 18.7 Å². The van der Waals surface area contributed by atoms with Crippen molar-refractivity contribution < 1.29 is 9.53 Å². The minimum Gasteiger partial charge on any atom is -0.379 e. The van der Waals surface area contributed by atoms with Gasteiger partial charge in [-0.1, -0.05) is 20.8 Å². The van der Waals surface area contributed by atoms with Gasteiger partial charge < -0.3 is 20.4 Å². The largest absolute Gasteiger partial charge is 0.379 e. The van der Waals surface area contributed by atoms with Crippen LogP contribution < -0.4 is 11.1 Å². The Morgan fingerprint density at radius 2 is 2.33 bits per heavy atom. The van der Waals surface area contributed by atoms with E-state index in [1.165, 1.54) is 0 Å². The van der Waals surface area contributed by atoms with E-state index in [-0.39, 0.29) is 23.4 Å². The van der Waals surface area contributed by atoms with Gasteiger partial charge in [0.2, 0.25) is 5.91 Å². The van der Waals surface area contributed by atoms with Gasteiger partial charge in [-0.25, -0.2) is 4.98 Å². The summed E-state index contributed by atoms with van der Waals surface area (Å²) < 4.78 is 7.34. The molecule has 1 saturated heterocycles. The summed E-state index contributed by atoms with van der Waals surface area (Å²) >= 11 is 0. The SMILES string of the molecule is CC(C)(C)C(Cn1ccnc1)NC(=O)C1(C)COCC1N. The Hall–Kier alpha value is -1.40. The lowest BCUT2D eigenvalue weighted by Gasteiger charge is -2.35. The molecule has 0 bridgehead atoms. The summed E-state index contributed by atoms with van der Waals surface area (Å²) in [5.41, 5.74) is 5.31.